The molecule has 4 bridgehead atoms. The van der Waals surface area contributed by atoms with E-state index in [4.69, 9.17) is 0 Å². The molecule has 0 aromatic heterocycles. The number of rotatable bonds is 5. The Morgan fingerprint density at radius 3 is 2.18 bits per heavy atom. The highest BCUT2D eigenvalue weighted by Gasteiger charge is 2.50. The summed E-state index contributed by atoms with van der Waals surface area (Å²) in [5, 5.41) is 3.32. The number of nitrogens with zero attached hydrogens (tertiary/aromatic N) is 1. The Morgan fingerprint density at radius 1 is 1.04 bits per heavy atom. The summed E-state index contributed by atoms with van der Waals surface area (Å²) in [6, 6.07) is 6.73. The van der Waals surface area contributed by atoms with Gasteiger partial charge in [-0.3, -0.25) is 4.79 Å². The lowest BCUT2D eigenvalue weighted by molar-refractivity contribution is -0.892. The van der Waals surface area contributed by atoms with Crippen LogP contribution in [0.5, 0.6) is 0 Å². The molecule has 6 rings (SSSR count). The van der Waals surface area contributed by atoms with Gasteiger partial charge in [-0.25, -0.2) is 4.39 Å². The van der Waals surface area contributed by atoms with Gasteiger partial charge in [0.15, 0.2) is 6.54 Å². The van der Waals surface area contributed by atoms with E-state index in [9.17, 15) is 9.18 Å². The molecule has 0 unspecified atom stereocenters. The number of anilines is 1. The molecule has 28 heavy (non-hydrogen) atoms. The Balaban J connectivity index is 1.08. The van der Waals surface area contributed by atoms with E-state index in [1.165, 1.54) is 55.6 Å². The average Bonchev–Trinajstić information content (AvgIpc) is 2.67. The summed E-state index contributed by atoms with van der Waals surface area (Å²) in [5.74, 6) is 2.85. The number of nitrogens with one attached hydrogen (secondary N) is 2. The van der Waals surface area contributed by atoms with E-state index in [2.05, 4.69) is 10.2 Å². The largest absolute Gasteiger partial charge is 0.360 e. The highest BCUT2D eigenvalue weighted by molar-refractivity contribution is 5.76. The van der Waals surface area contributed by atoms with Crippen LogP contribution in [-0.2, 0) is 4.79 Å². The average molecular weight is 387 g/mol. The molecule has 2 N–H and O–H groups in total. The van der Waals surface area contributed by atoms with Gasteiger partial charge in [-0.15, -0.1) is 0 Å². The number of quaternary nitrogens is 1. The summed E-state index contributed by atoms with van der Waals surface area (Å²) in [4.78, 5) is 16.3. The molecule has 1 saturated heterocycles. The molecule has 5 aliphatic rings. The maximum Gasteiger partial charge on any atom is 0.275 e. The fourth-order valence-corrected chi connectivity index (χ4v) is 6.99. The zero-order chi connectivity index (χ0) is 19.1. The molecule has 0 spiro atoms. The Kier molecular flexibility index (Phi) is 4.82. The molecule has 1 aromatic carbocycles. The molecular formula is C23H33FN3O+. The fourth-order valence-electron chi connectivity index (χ4n) is 6.99. The number of hydrogen-bond donors (Lipinski definition) is 2. The van der Waals surface area contributed by atoms with Crippen molar-refractivity contribution in [3.05, 3.63) is 30.1 Å². The third-order valence-electron chi connectivity index (χ3n) is 7.90. The van der Waals surface area contributed by atoms with E-state index < -0.39 is 0 Å². The van der Waals surface area contributed by atoms with Crippen LogP contribution >= 0.6 is 0 Å². The maximum atomic E-state index is 13.1. The second-order valence-electron chi connectivity index (χ2n) is 10.1. The van der Waals surface area contributed by atoms with Crippen LogP contribution in [0.2, 0.25) is 0 Å². The predicted octanol–water partition coefficient (Wildman–Crippen LogP) is 1.86. The highest BCUT2D eigenvalue weighted by atomic mass is 19.1. The van der Waals surface area contributed by atoms with E-state index >= 15 is 0 Å². The molecule has 152 valence electrons. The number of benzene rings is 1. The summed E-state index contributed by atoms with van der Waals surface area (Å²) in [7, 11) is 0. The van der Waals surface area contributed by atoms with Gasteiger partial charge < -0.3 is 15.1 Å². The quantitative estimate of drug-likeness (QED) is 0.811. The van der Waals surface area contributed by atoms with E-state index in [-0.39, 0.29) is 11.7 Å². The van der Waals surface area contributed by atoms with Crippen molar-refractivity contribution in [2.75, 3.05) is 44.2 Å². The Hall–Kier alpha value is -1.62. The third-order valence-corrected chi connectivity index (χ3v) is 7.90. The Morgan fingerprint density at radius 2 is 1.61 bits per heavy atom. The summed E-state index contributed by atoms with van der Waals surface area (Å²) in [6.07, 6.45) is 8.41. The Labute approximate surface area is 167 Å². The van der Waals surface area contributed by atoms with Gasteiger partial charge in [-0.2, -0.15) is 0 Å². The van der Waals surface area contributed by atoms with Crippen LogP contribution in [0.1, 0.15) is 38.5 Å². The lowest BCUT2D eigenvalue weighted by Crippen LogP contribution is -3.16. The summed E-state index contributed by atoms with van der Waals surface area (Å²) in [6.45, 7) is 5.25. The number of halogens is 1. The third kappa shape index (κ3) is 3.78. The van der Waals surface area contributed by atoms with Crippen molar-refractivity contribution in [2.45, 2.75) is 38.5 Å². The molecular weight excluding hydrogens is 353 g/mol. The first-order chi connectivity index (χ1) is 13.6. The molecule has 1 aliphatic heterocycles. The van der Waals surface area contributed by atoms with Crippen LogP contribution in [0, 0.1) is 29.0 Å². The summed E-state index contributed by atoms with van der Waals surface area (Å²) in [5.41, 5.74) is 1.49. The smallest absolute Gasteiger partial charge is 0.275 e. The normalized spacial score (nSPS) is 34.6. The molecule has 1 amide bonds. The van der Waals surface area contributed by atoms with Crippen LogP contribution < -0.4 is 15.1 Å². The summed E-state index contributed by atoms with van der Waals surface area (Å²) < 4.78 is 13.1. The second-order valence-corrected chi connectivity index (χ2v) is 10.1. The fraction of sp³-hybridized carbons (Fsp3) is 0.696. The van der Waals surface area contributed by atoms with Gasteiger partial charge in [-0.05, 0) is 86.0 Å². The van der Waals surface area contributed by atoms with Crippen molar-refractivity contribution < 1.29 is 14.1 Å². The monoisotopic (exact) mass is 386 g/mol. The standard InChI is InChI=1S/C23H32FN3O/c24-20-1-3-21(4-2-20)27-7-5-26(6-8-27)15-22(28)25-16-23-12-17-9-18(13-23)11-19(10-17)14-23/h1-4,17-19H,5-16H2,(H,25,28)/p+1. The van der Waals surface area contributed by atoms with Crippen molar-refractivity contribution in [2.24, 2.45) is 23.2 Å². The minimum atomic E-state index is -0.191. The number of hydrogen-bond acceptors (Lipinski definition) is 2. The van der Waals surface area contributed by atoms with Crippen LogP contribution in [0.25, 0.3) is 0 Å². The van der Waals surface area contributed by atoms with Crippen molar-refractivity contribution in [3.8, 4) is 0 Å². The van der Waals surface area contributed by atoms with Crippen molar-refractivity contribution in [1.82, 2.24) is 5.32 Å². The molecule has 4 aliphatic carbocycles. The number of amides is 1. The van der Waals surface area contributed by atoms with Crippen LogP contribution in [0.3, 0.4) is 0 Å². The first-order valence-electron chi connectivity index (χ1n) is 11.2. The molecule has 4 nitrogen and oxygen atoms in total. The topological polar surface area (TPSA) is 36.8 Å². The first kappa shape index (κ1) is 18.4. The first-order valence-corrected chi connectivity index (χ1v) is 11.2. The second kappa shape index (κ2) is 7.33. The minimum absolute atomic E-state index is 0.191. The number of carbonyl (C=O) groups excluding carboxylic acids is 1. The lowest BCUT2D eigenvalue weighted by Gasteiger charge is -2.56. The van der Waals surface area contributed by atoms with Gasteiger partial charge in [0.2, 0.25) is 0 Å². The maximum absolute atomic E-state index is 13.1. The molecule has 0 radical (unpaired) electrons. The van der Waals surface area contributed by atoms with E-state index in [0.717, 1.165) is 56.2 Å². The van der Waals surface area contributed by atoms with Gasteiger partial charge in [-0.1, -0.05) is 0 Å². The van der Waals surface area contributed by atoms with Crippen LogP contribution in [0.15, 0.2) is 24.3 Å². The number of carbonyl (C=O) groups is 1. The lowest BCUT2D eigenvalue weighted by atomic mass is 9.49. The zero-order valence-electron chi connectivity index (χ0n) is 16.8. The predicted molar refractivity (Wildman–Crippen MR) is 108 cm³/mol. The zero-order valence-corrected chi connectivity index (χ0v) is 16.8. The van der Waals surface area contributed by atoms with Crippen molar-refractivity contribution in [1.29, 1.82) is 0 Å². The van der Waals surface area contributed by atoms with Gasteiger partial charge in [0, 0.05) is 12.2 Å². The molecule has 1 heterocycles. The van der Waals surface area contributed by atoms with Crippen LogP contribution in [-0.4, -0.2) is 45.2 Å². The molecule has 5 fully saturated rings. The van der Waals surface area contributed by atoms with Gasteiger partial charge >= 0.3 is 0 Å². The summed E-state index contributed by atoms with van der Waals surface area (Å²) >= 11 is 0. The van der Waals surface area contributed by atoms with Crippen LogP contribution in [0.4, 0.5) is 10.1 Å². The van der Waals surface area contributed by atoms with Crippen molar-refractivity contribution in [3.63, 3.8) is 0 Å². The van der Waals surface area contributed by atoms with Gasteiger partial charge in [0.1, 0.15) is 5.82 Å². The highest BCUT2D eigenvalue weighted by Crippen LogP contribution is 2.59. The molecule has 4 saturated carbocycles. The van der Waals surface area contributed by atoms with Gasteiger partial charge in [0.25, 0.3) is 5.91 Å². The molecule has 1 aromatic rings. The minimum Gasteiger partial charge on any atom is -0.360 e. The van der Waals surface area contributed by atoms with E-state index in [1.807, 2.05) is 12.1 Å². The number of piperazine rings is 1. The van der Waals surface area contributed by atoms with Gasteiger partial charge in [0.05, 0.1) is 26.2 Å². The SMILES string of the molecule is O=C(C[NH+]1CCN(c2ccc(F)cc2)CC1)NCC12CC3CC(CC(C3)C1)C2. The molecule has 0 atom stereocenters. The van der Waals surface area contributed by atoms with Crippen molar-refractivity contribution >= 4 is 11.6 Å². The van der Waals surface area contributed by atoms with E-state index in [0.29, 0.717) is 12.0 Å². The van der Waals surface area contributed by atoms with E-state index in [1.54, 1.807) is 0 Å². The Bertz CT molecular complexity index is 676. The molecule has 5 heteroatoms.